The molecule has 0 radical (unpaired) electrons. The molecular weight excluding hydrogens is 937 g/mol. The Balaban J connectivity index is 0.000000108. The maximum absolute atomic E-state index is 13.4. The average Bonchev–Trinajstić information content (AvgIpc) is 4.28. The fourth-order valence-electron chi connectivity index (χ4n) is 15.8. The molecule has 3 spiro atoms. The minimum Gasteiger partial charge on any atom is -0.380 e. The Hall–Kier alpha value is -6.60. The van der Waals surface area contributed by atoms with E-state index in [9.17, 15) is 14.4 Å². The molecule has 0 bridgehead atoms. The number of rotatable bonds is 6. The van der Waals surface area contributed by atoms with E-state index in [0.29, 0.717) is 36.6 Å². The number of aromatic amines is 3. The fraction of sp³-hybridized carbons (Fsp3) is 0.429. The van der Waals surface area contributed by atoms with Gasteiger partial charge in [0.25, 0.3) is 0 Å². The largest absolute Gasteiger partial charge is 0.380 e. The van der Waals surface area contributed by atoms with Crippen molar-refractivity contribution in [3.05, 3.63) is 193 Å². The van der Waals surface area contributed by atoms with E-state index in [1.54, 1.807) is 0 Å². The van der Waals surface area contributed by atoms with Crippen LogP contribution < -0.4 is 0 Å². The van der Waals surface area contributed by atoms with E-state index in [1.807, 2.05) is 36.8 Å². The zero-order chi connectivity index (χ0) is 51.2. The van der Waals surface area contributed by atoms with Gasteiger partial charge in [0.2, 0.25) is 0 Å². The molecule has 384 valence electrons. The number of carbonyl (C=O) groups excluding carboxylic acids is 3. The molecule has 75 heavy (non-hydrogen) atoms. The van der Waals surface area contributed by atoms with Crippen LogP contribution in [0, 0.1) is 16.2 Å². The number of fused-ring (bicyclic) bond motifs is 3. The zero-order valence-electron chi connectivity index (χ0n) is 43.4. The topological polar surface area (TPSA) is 165 Å². The van der Waals surface area contributed by atoms with Gasteiger partial charge < -0.3 is 14.2 Å². The lowest BCUT2D eigenvalue weighted by Crippen LogP contribution is -2.50. The summed E-state index contributed by atoms with van der Waals surface area (Å²) in [6, 6.07) is 31.4. The quantitative estimate of drug-likeness (QED) is 0.147. The normalized spacial score (nSPS) is 27.0. The lowest BCUT2D eigenvalue weighted by atomic mass is 9.56. The molecule has 6 aromatic rings. The first kappa shape index (κ1) is 48.1. The predicted molar refractivity (Wildman–Crippen MR) is 283 cm³/mol. The third kappa shape index (κ3) is 7.18. The van der Waals surface area contributed by atoms with Gasteiger partial charge in [0.05, 0.1) is 74.5 Å². The number of benzene rings is 3. The summed E-state index contributed by atoms with van der Waals surface area (Å²) in [5.41, 5.74) is 16.6. The molecule has 15 rings (SSSR count). The smallest absolute Gasteiger partial charge is 0.160 e. The highest BCUT2D eigenvalue weighted by Gasteiger charge is 2.57. The third-order valence-electron chi connectivity index (χ3n) is 19.1. The fourth-order valence-corrected chi connectivity index (χ4v) is 15.8. The van der Waals surface area contributed by atoms with Gasteiger partial charge in [-0.2, -0.15) is 15.3 Å². The number of aromatic nitrogens is 6. The van der Waals surface area contributed by atoms with Crippen molar-refractivity contribution >= 4 is 17.3 Å². The minimum atomic E-state index is -0.375. The van der Waals surface area contributed by atoms with Gasteiger partial charge in [-0.1, -0.05) is 128 Å². The van der Waals surface area contributed by atoms with Crippen LogP contribution >= 0.6 is 0 Å². The molecule has 1 unspecified atom stereocenters. The Bertz CT molecular complexity index is 2980. The van der Waals surface area contributed by atoms with Crippen molar-refractivity contribution in [3.8, 4) is 0 Å². The van der Waals surface area contributed by atoms with Gasteiger partial charge in [-0.15, -0.1) is 0 Å². The molecule has 9 aliphatic rings. The van der Waals surface area contributed by atoms with E-state index >= 15 is 0 Å². The van der Waals surface area contributed by atoms with E-state index in [4.69, 9.17) is 14.2 Å². The molecule has 3 aromatic carbocycles. The van der Waals surface area contributed by atoms with Crippen LogP contribution in [0.25, 0.3) is 0 Å². The van der Waals surface area contributed by atoms with E-state index in [1.165, 1.54) is 50.1 Å². The monoisotopic (exact) mass is 1000 g/mol. The third-order valence-corrected chi connectivity index (χ3v) is 19.1. The van der Waals surface area contributed by atoms with Gasteiger partial charge in [0.15, 0.2) is 17.3 Å². The molecule has 3 aromatic heterocycles. The number of nitrogens with one attached hydrogen (secondary N) is 3. The number of Topliss-reactive ketones (excluding diaryl/α,β-unsaturated/α-hetero) is 3. The van der Waals surface area contributed by atoms with Crippen LogP contribution in [-0.2, 0) is 64.1 Å². The molecule has 3 atom stereocenters. The highest BCUT2D eigenvalue weighted by atomic mass is 16.5. The molecule has 3 fully saturated rings. The summed E-state index contributed by atoms with van der Waals surface area (Å²) >= 11 is 0. The van der Waals surface area contributed by atoms with Gasteiger partial charge in [0, 0.05) is 105 Å². The lowest BCUT2D eigenvalue weighted by molar-refractivity contribution is -0.142. The van der Waals surface area contributed by atoms with Crippen molar-refractivity contribution in [3.63, 3.8) is 0 Å². The van der Waals surface area contributed by atoms with Crippen LogP contribution in [0.3, 0.4) is 0 Å². The lowest BCUT2D eigenvalue weighted by Gasteiger charge is -2.49. The Morgan fingerprint density at radius 1 is 0.400 bits per heavy atom. The van der Waals surface area contributed by atoms with Crippen molar-refractivity contribution in [2.24, 2.45) is 16.2 Å². The van der Waals surface area contributed by atoms with Gasteiger partial charge in [0.1, 0.15) is 0 Å². The number of nitrogens with zero attached hydrogens (tertiary/aromatic N) is 3. The molecule has 0 saturated carbocycles. The van der Waals surface area contributed by atoms with Crippen molar-refractivity contribution < 1.29 is 28.6 Å². The maximum atomic E-state index is 13.4. The second kappa shape index (κ2) is 18.0. The Labute approximate surface area is 438 Å². The SMILES string of the molecule is CCC1(c2ccccc2)C2=C(Cc3[nH]ncc31)CC1(COC1)CC2=O.CC[C@@]1(c2ccccc2)C2=C(Cc3[nH]ncc31)CC1(COC1)CC2=O.CC[C@]1(c2ccccc2)C2=C(Cc3[nH]ncc31)CC1(COC1)CC2=O. The molecule has 12 heteroatoms. The summed E-state index contributed by atoms with van der Waals surface area (Å²) in [6.07, 6.45) is 15.6. The van der Waals surface area contributed by atoms with E-state index in [0.717, 1.165) is 131 Å². The minimum absolute atomic E-state index is 0.0452. The van der Waals surface area contributed by atoms with Crippen LogP contribution in [0.4, 0.5) is 0 Å². The second-order valence-corrected chi connectivity index (χ2v) is 23.4. The number of allylic oxidation sites excluding steroid dienone is 6. The number of ether oxygens (including phenoxy) is 3. The molecule has 12 nitrogen and oxygen atoms in total. The van der Waals surface area contributed by atoms with E-state index < -0.39 is 0 Å². The predicted octanol–water partition coefficient (Wildman–Crippen LogP) is 10.0. The number of carbonyl (C=O) groups is 3. The molecule has 6 heterocycles. The van der Waals surface area contributed by atoms with Crippen molar-refractivity contribution in [2.45, 2.75) is 114 Å². The van der Waals surface area contributed by atoms with Crippen molar-refractivity contribution in [2.75, 3.05) is 39.6 Å². The zero-order valence-corrected chi connectivity index (χ0v) is 43.4. The average molecular weight is 1000 g/mol. The van der Waals surface area contributed by atoms with Crippen LogP contribution in [0.15, 0.2) is 143 Å². The molecule has 0 amide bonds. The van der Waals surface area contributed by atoms with Gasteiger partial charge in [-0.25, -0.2) is 0 Å². The molecule has 3 saturated heterocycles. The first-order chi connectivity index (χ1) is 36.6. The van der Waals surface area contributed by atoms with Gasteiger partial charge in [-0.05, 0) is 55.2 Å². The highest BCUT2D eigenvalue weighted by molar-refractivity contribution is 6.03. The van der Waals surface area contributed by atoms with Crippen LogP contribution in [0.5, 0.6) is 0 Å². The summed E-state index contributed by atoms with van der Waals surface area (Å²) < 4.78 is 16.4. The Morgan fingerprint density at radius 2 is 0.667 bits per heavy atom. The number of hydrogen-bond donors (Lipinski definition) is 3. The summed E-state index contributed by atoms with van der Waals surface area (Å²) in [5, 5.41) is 22.6. The summed E-state index contributed by atoms with van der Waals surface area (Å²) in [6.45, 7) is 10.9. The van der Waals surface area contributed by atoms with Crippen LogP contribution in [0.2, 0.25) is 0 Å². The maximum Gasteiger partial charge on any atom is 0.160 e. The molecule has 3 aliphatic heterocycles. The number of hydrogen-bond acceptors (Lipinski definition) is 9. The first-order valence-corrected chi connectivity index (χ1v) is 27.3. The number of H-pyrrole nitrogens is 3. The summed E-state index contributed by atoms with van der Waals surface area (Å²) in [7, 11) is 0. The standard InChI is InChI=1S/3C21H22N2O2/c3*1-2-21(15-6-4-3-5-7-15)16-11-22-23-17(16)8-14-9-20(12-25-13-20)10-18(24)19(14)21/h3*3-7,11H,2,8-10,12-13H2,1H3,(H,22,23)/t2*21-;/m10./s1. The molecular formula is C63H66N6O6. The van der Waals surface area contributed by atoms with Crippen molar-refractivity contribution in [1.82, 2.24) is 30.6 Å². The Morgan fingerprint density at radius 3 is 0.893 bits per heavy atom. The second-order valence-electron chi connectivity index (χ2n) is 23.4. The Kier molecular flexibility index (Phi) is 11.6. The van der Waals surface area contributed by atoms with E-state index in [-0.39, 0.29) is 32.5 Å². The first-order valence-electron chi connectivity index (χ1n) is 27.3. The summed E-state index contributed by atoms with van der Waals surface area (Å²) in [4.78, 5) is 40.1. The van der Waals surface area contributed by atoms with Gasteiger partial charge in [-0.3, -0.25) is 29.7 Å². The molecule has 3 N–H and O–H groups in total. The molecule has 6 aliphatic carbocycles. The van der Waals surface area contributed by atoms with E-state index in [2.05, 4.69) is 124 Å². The highest BCUT2D eigenvalue weighted by Crippen LogP contribution is 2.58. The van der Waals surface area contributed by atoms with Crippen LogP contribution in [-0.4, -0.2) is 87.6 Å². The number of ketones is 3. The summed E-state index contributed by atoms with van der Waals surface area (Å²) in [5.74, 6) is 0.923. The van der Waals surface area contributed by atoms with Gasteiger partial charge >= 0.3 is 0 Å². The van der Waals surface area contributed by atoms with Crippen molar-refractivity contribution in [1.29, 1.82) is 0 Å². The van der Waals surface area contributed by atoms with Crippen LogP contribution in [0.1, 0.15) is 129 Å².